The van der Waals surface area contributed by atoms with Crippen LogP contribution in [0.2, 0.25) is 6.82 Å². The van der Waals surface area contributed by atoms with Crippen LogP contribution in [0.3, 0.4) is 0 Å². The fourth-order valence-electron chi connectivity index (χ4n) is 1.54. The molecule has 12 heavy (non-hydrogen) atoms. The molecule has 1 aromatic rings. The molecule has 1 aliphatic heterocycles. The van der Waals surface area contributed by atoms with Crippen LogP contribution < -0.4 is 4.81 Å². The Morgan fingerprint density at radius 1 is 1.25 bits per heavy atom. The summed E-state index contributed by atoms with van der Waals surface area (Å²) >= 11 is 0. The predicted octanol–water partition coefficient (Wildman–Crippen LogP) is 2.31. The summed E-state index contributed by atoms with van der Waals surface area (Å²) in [7, 11) is 2.13. The maximum atomic E-state index is 2.29. The lowest BCUT2D eigenvalue weighted by Crippen LogP contribution is -2.33. The van der Waals surface area contributed by atoms with Gasteiger partial charge in [0.2, 0.25) is 0 Å². The van der Waals surface area contributed by atoms with Crippen molar-refractivity contribution in [3.63, 3.8) is 0 Å². The second-order valence-corrected chi connectivity index (χ2v) is 3.27. The summed E-state index contributed by atoms with van der Waals surface area (Å²) in [6.45, 7) is 2.71. The molecule has 0 spiro atoms. The van der Waals surface area contributed by atoms with E-state index in [4.69, 9.17) is 0 Å². The van der Waals surface area contributed by atoms with E-state index in [1.807, 2.05) is 0 Å². The van der Waals surface area contributed by atoms with Crippen molar-refractivity contribution >= 4 is 18.6 Å². The molecule has 0 saturated carbocycles. The van der Waals surface area contributed by atoms with Crippen molar-refractivity contribution in [2.75, 3.05) is 11.9 Å². The van der Waals surface area contributed by atoms with E-state index in [-0.39, 0.29) is 0 Å². The van der Waals surface area contributed by atoms with Gasteiger partial charge in [0.05, 0.1) is 0 Å². The van der Waals surface area contributed by atoms with E-state index in [1.54, 1.807) is 0 Å². The lowest BCUT2D eigenvalue weighted by molar-refractivity contribution is 1.28. The first-order valence-electron chi connectivity index (χ1n) is 4.29. The van der Waals surface area contributed by atoms with Crippen LogP contribution in [0.4, 0.5) is 5.69 Å². The van der Waals surface area contributed by atoms with Crippen molar-refractivity contribution in [2.45, 2.75) is 6.82 Å². The Balaban J connectivity index is 2.52. The van der Waals surface area contributed by atoms with Crippen LogP contribution in [0.25, 0.3) is 6.08 Å². The van der Waals surface area contributed by atoms with Gasteiger partial charge in [-0.1, -0.05) is 37.1 Å². The van der Waals surface area contributed by atoms with E-state index in [0.29, 0.717) is 6.85 Å². The summed E-state index contributed by atoms with van der Waals surface area (Å²) in [6.07, 6.45) is 2.19. The lowest BCUT2D eigenvalue weighted by Gasteiger charge is -2.27. The molecule has 0 N–H and O–H groups in total. The van der Waals surface area contributed by atoms with Gasteiger partial charge in [-0.3, -0.25) is 0 Å². The molecule has 1 nitrogen and oxygen atoms in total. The fraction of sp³-hybridized carbons (Fsp3) is 0.200. The van der Waals surface area contributed by atoms with Crippen molar-refractivity contribution in [3.8, 4) is 0 Å². The van der Waals surface area contributed by atoms with Crippen molar-refractivity contribution in [3.05, 3.63) is 35.8 Å². The zero-order chi connectivity index (χ0) is 8.55. The van der Waals surface area contributed by atoms with Gasteiger partial charge in [0.15, 0.2) is 0 Å². The second kappa shape index (κ2) is 2.70. The van der Waals surface area contributed by atoms with Crippen molar-refractivity contribution in [1.29, 1.82) is 0 Å². The van der Waals surface area contributed by atoms with E-state index < -0.39 is 0 Å². The van der Waals surface area contributed by atoms with Gasteiger partial charge < -0.3 is 4.81 Å². The van der Waals surface area contributed by atoms with Gasteiger partial charge in [0.1, 0.15) is 0 Å². The maximum absolute atomic E-state index is 2.29. The molecule has 0 atom stereocenters. The predicted molar refractivity (Wildman–Crippen MR) is 55.5 cm³/mol. The topological polar surface area (TPSA) is 3.24 Å². The van der Waals surface area contributed by atoms with Crippen LogP contribution in [0.15, 0.2) is 30.2 Å². The Morgan fingerprint density at radius 2 is 2.00 bits per heavy atom. The second-order valence-electron chi connectivity index (χ2n) is 3.27. The van der Waals surface area contributed by atoms with Crippen molar-refractivity contribution in [1.82, 2.24) is 0 Å². The Labute approximate surface area is 73.8 Å². The smallest absolute Gasteiger partial charge is 0.277 e. The van der Waals surface area contributed by atoms with Crippen molar-refractivity contribution < 1.29 is 0 Å². The maximum Gasteiger partial charge on any atom is 0.277 e. The minimum absolute atomic E-state index is 0.514. The molecule has 1 aromatic carbocycles. The lowest BCUT2D eigenvalue weighted by atomic mass is 9.61. The molecule has 1 aliphatic rings. The summed E-state index contributed by atoms with van der Waals surface area (Å²) in [4.78, 5) is 2.29. The minimum atomic E-state index is 0.514. The van der Waals surface area contributed by atoms with E-state index >= 15 is 0 Å². The first kappa shape index (κ1) is 7.47. The van der Waals surface area contributed by atoms with Gasteiger partial charge in [-0.05, 0) is 18.7 Å². The number of rotatable bonds is 0. The molecule has 2 heteroatoms. The third kappa shape index (κ3) is 1.04. The van der Waals surface area contributed by atoms with E-state index in [9.17, 15) is 0 Å². The first-order chi connectivity index (χ1) is 5.79. The summed E-state index contributed by atoms with van der Waals surface area (Å²) in [6, 6.07) is 8.47. The van der Waals surface area contributed by atoms with Crippen molar-refractivity contribution in [2.24, 2.45) is 0 Å². The fourth-order valence-corrected chi connectivity index (χ4v) is 1.54. The largest absolute Gasteiger partial charge is 0.414 e. The monoisotopic (exact) mass is 157 g/mol. The number of para-hydroxylation sites is 1. The highest BCUT2D eigenvalue weighted by atomic mass is 15.0. The number of fused-ring (bicyclic) bond motifs is 1. The number of anilines is 1. The first-order valence-corrected chi connectivity index (χ1v) is 4.29. The Morgan fingerprint density at radius 3 is 2.83 bits per heavy atom. The van der Waals surface area contributed by atoms with E-state index in [2.05, 4.69) is 55.0 Å². The highest BCUT2D eigenvalue weighted by Gasteiger charge is 2.16. The number of benzene rings is 1. The highest BCUT2D eigenvalue weighted by molar-refractivity contribution is 6.68. The van der Waals surface area contributed by atoms with Gasteiger partial charge >= 0.3 is 0 Å². The van der Waals surface area contributed by atoms with Gasteiger partial charge in [0, 0.05) is 5.69 Å². The summed E-state index contributed by atoms with van der Waals surface area (Å²) < 4.78 is 0. The minimum Gasteiger partial charge on any atom is -0.414 e. The Bertz CT molecular complexity index is 319. The quantitative estimate of drug-likeness (QED) is 0.522. The van der Waals surface area contributed by atoms with Crippen LogP contribution in [-0.2, 0) is 0 Å². The van der Waals surface area contributed by atoms with E-state index in [0.717, 1.165) is 0 Å². The molecule has 0 bridgehead atoms. The number of hydrogen-bond donors (Lipinski definition) is 0. The molecular formula is C10H12BN. The Kier molecular flexibility index (Phi) is 1.68. The molecule has 0 saturated heterocycles. The van der Waals surface area contributed by atoms with Gasteiger partial charge in [-0.15, -0.1) is 0 Å². The molecule has 0 radical (unpaired) electrons. The molecule has 60 valence electrons. The summed E-state index contributed by atoms with van der Waals surface area (Å²) in [5.74, 6) is 2.22. The molecule has 1 heterocycles. The number of nitrogens with zero attached hydrogens (tertiary/aromatic N) is 1. The van der Waals surface area contributed by atoms with Crippen LogP contribution in [0.1, 0.15) is 5.56 Å². The summed E-state index contributed by atoms with van der Waals surface area (Å²) in [5, 5.41) is 0. The van der Waals surface area contributed by atoms with Gasteiger partial charge in [0.25, 0.3) is 6.85 Å². The highest BCUT2D eigenvalue weighted by Crippen LogP contribution is 2.25. The molecule has 2 rings (SSSR count). The molecule has 0 unspecified atom stereocenters. The average Bonchev–Trinajstić information content (AvgIpc) is 2.12. The third-order valence-corrected chi connectivity index (χ3v) is 2.48. The third-order valence-electron chi connectivity index (χ3n) is 2.48. The van der Waals surface area contributed by atoms with Crippen LogP contribution >= 0.6 is 0 Å². The molecule has 0 amide bonds. The summed E-state index contributed by atoms with van der Waals surface area (Å²) in [5.41, 5.74) is 2.64. The van der Waals surface area contributed by atoms with Crippen LogP contribution in [-0.4, -0.2) is 13.9 Å². The normalized spacial score (nSPS) is 14.8. The SMILES string of the molecule is CB1C=Cc2ccccc2N1C. The van der Waals surface area contributed by atoms with Crippen LogP contribution in [0, 0.1) is 0 Å². The molecule has 0 aromatic heterocycles. The molecule has 0 fully saturated rings. The van der Waals surface area contributed by atoms with Gasteiger partial charge in [-0.2, -0.15) is 0 Å². The average molecular weight is 157 g/mol. The zero-order valence-corrected chi connectivity index (χ0v) is 7.49. The van der Waals surface area contributed by atoms with E-state index in [1.165, 1.54) is 11.3 Å². The van der Waals surface area contributed by atoms with Gasteiger partial charge in [-0.25, -0.2) is 0 Å². The Hall–Kier alpha value is -1.18. The number of hydrogen-bond acceptors (Lipinski definition) is 1. The molecular weight excluding hydrogens is 145 g/mol. The standard InChI is InChI=1S/C10H12BN/c1-11-8-7-9-5-3-4-6-10(9)12(11)2/h3-8H,1-2H3. The van der Waals surface area contributed by atoms with Crippen LogP contribution in [0.5, 0.6) is 0 Å². The zero-order valence-electron chi connectivity index (χ0n) is 7.49. The molecule has 0 aliphatic carbocycles.